The predicted octanol–water partition coefficient (Wildman–Crippen LogP) is 2.68. The van der Waals surface area contributed by atoms with Crippen LogP contribution in [0.25, 0.3) is 0 Å². The number of rotatable bonds is 5. The van der Waals surface area contributed by atoms with Crippen molar-refractivity contribution >= 4 is 22.5 Å². The quantitative estimate of drug-likeness (QED) is 0.874. The van der Waals surface area contributed by atoms with Gasteiger partial charge in [0.05, 0.1) is 0 Å². The smallest absolute Gasteiger partial charge is 0.321 e. The van der Waals surface area contributed by atoms with Crippen LogP contribution in [0.1, 0.15) is 23.4 Å². The lowest BCUT2D eigenvalue weighted by atomic mass is 10.0. The summed E-state index contributed by atoms with van der Waals surface area (Å²) in [5.74, 6) is 0. The third-order valence-electron chi connectivity index (χ3n) is 4.23. The van der Waals surface area contributed by atoms with E-state index in [4.69, 9.17) is 0 Å². The number of urea groups is 1. The summed E-state index contributed by atoms with van der Waals surface area (Å²) < 4.78 is 0. The predicted molar refractivity (Wildman–Crippen MR) is 96.4 cm³/mol. The number of carbonyl (C=O) groups excluding carboxylic acids is 1. The molecule has 2 heterocycles. The maximum Gasteiger partial charge on any atom is 0.321 e. The fourth-order valence-electron chi connectivity index (χ4n) is 2.90. The number of likely N-dealkylation sites (tertiary alicyclic amines) is 1. The first-order valence-electron chi connectivity index (χ1n) is 8.33. The molecule has 1 aromatic heterocycles. The van der Waals surface area contributed by atoms with Gasteiger partial charge in [-0.25, -0.2) is 4.79 Å². The molecular formula is C17H23N5OS. The first kappa shape index (κ1) is 16.9. The molecule has 0 unspecified atom stereocenters. The number of piperidine rings is 1. The highest BCUT2D eigenvalue weighted by molar-refractivity contribution is 7.15. The summed E-state index contributed by atoms with van der Waals surface area (Å²) in [7, 11) is 0. The Morgan fingerprint density at radius 3 is 2.67 bits per heavy atom. The first-order valence-corrected chi connectivity index (χ1v) is 9.14. The summed E-state index contributed by atoms with van der Waals surface area (Å²) >= 11 is 1.38. The van der Waals surface area contributed by atoms with E-state index in [1.807, 2.05) is 6.92 Å². The van der Waals surface area contributed by atoms with Gasteiger partial charge in [0.25, 0.3) is 0 Å². The zero-order valence-electron chi connectivity index (χ0n) is 13.9. The van der Waals surface area contributed by atoms with E-state index in [2.05, 4.69) is 56.1 Å². The number of hydrogen-bond acceptors (Lipinski definition) is 5. The standard InChI is InChI=1S/C17H23N5OS/c1-13-20-21-17(24-13)19-16(23)18-15-8-11-22(12-9-15)10-7-14-5-3-2-4-6-14/h2-6,15H,7-12H2,1H3,(H2,18,19,21,23). The Labute approximate surface area is 146 Å². The zero-order valence-corrected chi connectivity index (χ0v) is 14.7. The monoisotopic (exact) mass is 345 g/mol. The van der Waals surface area contributed by atoms with E-state index in [-0.39, 0.29) is 12.1 Å². The van der Waals surface area contributed by atoms with Gasteiger partial charge in [-0.1, -0.05) is 41.7 Å². The molecule has 0 saturated carbocycles. The van der Waals surface area contributed by atoms with Gasteiger partial charge in [0.1, 0.15) is 5.01 Å². The average Bonchev–Trinajstić information content (AvgIpc) is 3.00. The molecule has 2 N–H and O–H groups in total. The van der Waals surface area contributed by atoms with Gasteiger partial charge < -0.3 is 10.2 Å². The third kappa shape index (κ3) is 5.01. The molecule has 1 fully saturated rings. The molecule has 0 aliphatic carbocycles. The van der Waals surface area contributed by atoms with Crippen molar-refractivity contribution in [3.05, 3.63) is 40.9 Å². The minimum Gasteiger partial charge on any atom is -0.335 e. The molecule has 3 rings (SSSR count). The fraction of sp³-hybridized carbons (Fsp3) is 0.471. The number of amides is 2. The van der Waals surface area contributed by atoms with Crippen LogP contribution >= 0.6 is 11.3 Å². The minimum absolute atomic E-state index is 0.186. The van der Waals surface area contributed by atoms with Gasteiger partial charge >= 0.3 is 6.03 Å². The van der Waals surface area contributed by atoms with Crippen molar-refractivity contribution in [1.82, 2.24) is 20.4 Å². The van der Waals surface area contributed by atoms with Crippen LogP contribution in [-0.4, -0.2) is 46.8 Å². The molecule has 1 aliphatic heterocycles. The Morgan fingerprint density at radius 2 is 2.00 bits per heavy atom. The molecule has 7 heteroatoms. The zero-order chi connectivity index (χ0) is 16.8. The van der Waals surface area contributed by atoms with Crippen LogP contribution in [0, 0.1) is 6.92 Å². The maximum absolute atomic E-state index is 12.0. The van der Waals surface area contributed by atoms with Crippen molar-refractivity contribution in [2.45, 2.75) is 32.2 Å². The normalized spacial score (nSPS) is 16.0. The second-order valence-electron chi connectivity index (χ2n) is 6.08. The minimum atomic E-state index is -0.186. The van der Waals surface area contributed by atoms with E-state index in [1.165, 1.54) is 16.9 Å². The number of benzene rings is 1. The van der Waals surface area contributed by atoms with E-state index in [9.17, 15) is 4.79 Å². The summed E-state index contributed by atoms with van der Waals surface area (Å²) in [5, 5.41) is 15.0. The summed E-state index contributed by atoms with van der Waals surface area (Å²) in [5.41, 5.74) is 1.38. The van der Waals surface area contributed by atoms with Gasteiger partial charge in [0, 0.05) is 25.7 Å². The van der Waals surface area contributed by atoms with Crippen LogP contribution in [0.3, 0.4) is 0 Å². The van der Waals surface area contributed by atoms with Crippen LogP contribution in [0.4, 0.5) is 9.93 Å². The highest BCUT2D eigenvalue weighted by atomic mass is 32.1. The molecule has 6 nitrogen and oxygen atoms in total. The number of nitrogens with zero attached hydrogens (tertiary/aromatic N) is 3. The summed E-state index contributed by atoms with van der Waals surface area (Å²) in [6.07, 6.45) is 3.05. The Hall–Kier alpha value is -1.99. The topological polar surface area (TPSA) is 70.1 Å². The lowest BCUT2D eigenvalue weighted by Gasteiger charge is -2.32. The molecule has 0 bridgehead atoms. The van der Waals surface area contributed by atoms with Crippen LogP contribution in [0.5, 0.6) is 0 Å². The van der Waals surface area contributed by atoms with Crippen molar-refractivity contribution in [3.8, 4) is 0 Å². The number of nitrogens with one attached hydrogen (secondary N) is 2. The lowest BCUT2D eigenvalue weighted by Crippen LogP contribution is -2.46. The largest absolute Gasteiger partial charge is 0.335 e. The van der Waals surface area contributed by atoms with E-state index in [0.29, 0.717) is 5.13 Å². The molecule has 0 spiro atoms. The lowest BCUT2D eigenvalue weighted by molar-refractivity contribution is 0.197. The van der Waals surface area contributed by atoms with Gasteiger partial charge in [0.2, 0.25) is 5.13 Å². The highest BCUT2D eigenvalue weighted by Crippen LogP contribution is 2.15. The molecule has 2 aromatic rings. The molecule has 1 saturated heterocycles. The van der Waals surface area contributed by atoms with E-state index < -0.39 is 0 Å². The van der Waals surface area contributed by atoms with Crippen molar-refractivity contribution in [2.75, 3.05) is 25.0 Å². The fourth-order valence-corrected chi connectivity index (χ4v) is 3.49. The summed E-state index contributed by atoms with van der Waals surface area (Å²) in [6, 6.07) is 10.6. The van der Waals surface area contributed by atoms with E-state index >= 15 is 0 Å². The van der Waals surface area contributed by atoms with Crippen LogP contribution < -0.4 is 10.6 Å². The second kappa shape index (κ2) is 8.21. The Bertz CT molecular complexity index is 652. The molecular weight excluding hydrogens is 322 g/mol. The van der Waals surface area contributed by atoms with Gasteiger partial charge in [-0.3, -0.25) is 5.32 Å². The van der Waals surface area contributed by atoms with Gasteiger partial charge in [-0.05, 0) is 31.7 Å². The number of aromatic nitrogens is 2. The van der Waals surface area contributed by atoms with Crippen LogP contribution in [0.2, 0.25) is 0 Å². The molecule has 0 radical (unpaired) electrons. The Balaban J connectivity index is 1.36. The van der Waals surface area contributed by atoms with Gasteiger partial charge in [-0.15, -0.1) is 10.2 Å². The van der Waals surface area contributed by atoms with E-state index in [0.717, 1.165) is 43.9 Å². The average molecular weight is 345 g/mol. The number of hydrogen-bond donors (Lipinski definition) is 2. The maximum atomic E-state index is 12.0. The Kier molecular flexibility index (Phi) is 5.77. The SMILES string of the molecule is Cc1nnc(NC(=O)NC2CCN(CCc3ccccc3)CC2)s1. The Morgan fingerprint density at radius 1 is 1.25 bits per heavy atom. The summed E-state index contributed by atoms with van der Waals surface area (Å²) in [4.78, 5) is 14.5. The molecule has 2 amide bonds. The van der Waals surface area contributed by atoms with Crippen molar-refractivity contribution in [1.29, 1.82) is 0 Å². The second-order valence-corrected chi connectivity index (χ2v) is 7.26. The number of aryl methyl sites for hydroxylation is 1. The van der Waals surface area contributed by atoms with Crippen LogP contribution in [0.15, 0.2) is 30.3 Å². The molecule has 1 aromatic carbocycles. The highest BCUT2D eigenvalue weighted by Gasteiger charge is 2.20. The number of carbonyl (C=O) groups is 1. The summed E-state index contributed by atoms with van der Waals surface area (Å²) in [6.45, 7) is 4.99. The van der Waals surface area contributed by atoms with Gasteiger partial charge in [0.15, 0.2) is 0 Å². The molecule has 24 heavy (non-hydrogen) atoms. The van der Waals surface area contributed by atoms with Crippen molar-refractivity contribution in [2.24, 2.45) is 0 Å². The number of anilines is 1. The molecule has 128 valence electrons. The van der Waals surface area contributed by atoms with Crippen molar-refractivity contribution < 1.29 is 4.79 Å². The van der Waals surface area contributed by atoms with Crippen molar-refractivity contribution in [3.63, 3.8) is 0 Å². The molecule has 0 atom stereocenters. The van der Waals surface area contributed by atoms with Crippen LogP contribution in [-0.2, 0) is 6.42 Å². The molecule has 1 aliphatic rings. The van der Waals surface area contributed by atoms with Gasteiger partial charge in [-0.2, -0.15) is 0 Å². The third-order valence-corrected chi connectivity index (χ3v) is 4.98. The van der Waals surface area contributed by atoms with E-state index in [1.54, 1.807) is 0 Å². The first-order chi connectivity index (χ1) is 11.7.